The van der Waals surface area contributed by atoms with E-state index in [1.54, 1.807) is 37.5 Å². The SMILES string of the molecule is CC[C@H](NC(=O)/C=C/c1ccccc1OC)c1ccc(S(C)(=O)=O)cc1. The minimum atomic E-state index is -3.23. The molecule has 1 amide bonds. The van der Waals surface area contributed by atoms with Gasteiger partial charge in [0.1, 0.15) is 5.75 Å². The molecule has 0 aliphatic heterocycles. The van der Waals surface area contributed by atoms with E-state index in [1.807, 2.05) is 31.2 Å². The molecule has 0 unspecified atom stereocenters. The zero-order valence-corrected chi connectivity index (χ0v) is 15.9. The van der Waals surface area contributed by atoms with Gasteiger partial charge in [-0.15, -0.1) is 0 Å². The van der Waals surface area contributed by atoms with Gasteiger partial charge in [-0.05, 0) is 36.3 Å². The molecule has 0 radical (unpaired) electrons. The molecular weight excluding hydrogens is 350 g/mol. The summed E-state index contributed by atoms with van der Waals surface area (Å²) in [5, 5.41) is 2.93. The van der Waals surface area contributed by atoms with E-state index in [0.717, 1.165) is 11.1 Å². The largest absolute Gasteiger partial charge is 0.496 e. The summed E-state index contributed by atoms with van der Waals surface area (Å²) in [5.41, 5.74) is 1.68. The third kappa shape index (κ3) is 5.20. The van der Waals surface area contributed by atoms with Gasteiger partial charge >= 0.3 is 0 Å². The highest BCUT2D eigenvalue weighted by Gasteiger charge is 2.13. The second-order valence-corrected chi connectivity index (χ2v) is 7.90. The Labute approximate surface area is 154 Å². The Bertz CT molecular complexity index is 886. The molecule has 2 aromatic carbocycles. The molecule has 6 heteroatoms. The zero-order chi connectivity index (χ0) is 19.2. The maximum atomic E-state index is 12.3. The van der Waals surface area contributed by atoms with E-state index in [1.165, 1.54) is 12.3 Å². The molecule has 0 spiro atoms. The van der Waals surface area contributed by atoms with Crippen molar-refractivity contribution in [1.29, 1.82) is 0 Å². The summed E-state index contributed by atoms with van der Waals surface area (Å²) >= 11 is 0. The lowest BCUT2D eigenvalue weighted by Gasteiger charge is -2.16. The molecule has 0 aliphatic carbocycles. The highest BCUT2D eigenvalue weighted by Crippen LogP contribution is 2.20. The third-order valence-corrected chi connectivity index (χ3v) is 5.12. The lowest BCUT2D eigenvalue weighted by molar-refractivity contribution is -0.117. The molecule has 0 saturated heterocycles. The topological polar surface area (TPSA) is 72.5 Å². The predicted octanol–water partition coefficient (Wildman–Crippen LogP) is 3.38. The number of nitrogens with one attached hydrogen (secondary N) is 1. The minimum Gasteiger partial charge on any atom is -0.496 e. The summed E-state index contributed by atoms with van der Waals surface area (Å²) in [6.07, 6.45) is 5.02. The van der Waals surface area contributed by atoms with Gasteiger partial charge in [0.05, 0.1) is 18.0 Å². The van der Waals surface area contributed by atoms with Gasteiger partial charge in [-0.2, -0.15) is 0 Å². The summed E-state index contributed by atoms with van der Waals surface area (Å²) < 4.78 is 28.3. The lowest BCUT2D eigenvalue weighted by atomic mass is 10.0. The first-order valence-electron chi connectivity index (χ1n) is 8.26. The van der Waals surface area contributed by atoms with Crippen LogP contribution in [0.15, 0.2) is 59.5 Å². The number of carbonyl (C=O) groups excluding carboxylic acids is 1. The first-order chi connectivity index (χ1) is 12.3. The number of rotatable bonds is 7. The second kappa shape index (κ2) is 8.67. The molecule has 2 aromatic rings. The van der Waals surface area contributed by atoms with Crippen LogP contribution in [0.25, 0.3) is 6.08 Å². The van der Waals surface area contributed by atoms with E-state index in [9.17, 15) is 13.2 Å². The molecule has 0 saturated carbocycles. The van der Waals surface area contributed by atoms with E-state index >= 15 is 0 Å². The van der Waals surface area contributed by atoms with Crippen molar-refractivity contribution in [2.45, 2.75) is 24.3 Å². The molecule has 0 aliphatic rings. The summed E-state index contributed by atoms with van der Waals surface area (Å²) in [5.74, 6) is 0.468. The van der Waals surface area contributed by atoms with Crippen molar-refractivity contribution >= 4 is 21.8 Å². The van der Waals surface area contributed by atoms with Crippen LogP contribution in [0, 0.1) is 0 Å². The molecule has 2 rings (SSSR count). The summed E-state index contributed by atoms with van der Waals surface area (Å²) in [7, 11) is -1.65. The first-order valence-corrected chi connectivity index (χ1v) is 10.2. The van der Waals surface area contributed by atoms with Crippen LogP contribution in [-0.2, 0) is 14.6 Å². The molecular formula is C20H23NO4S. The zero-order valence-electron chi connectivity index (χ0n) is 15.1. The van der Waals surface area contributed by atoms with Gasteiger partial charge in [-0.3, -0.25) is 4.79 Å². The molecule has 0 fully saturated rings. The highest BCUT2D eigenvalue weighted by atomic mass is 32.2. The van der Waals surface area contributed by atoms with Gasteiger partial charge in [0.2, 0.25) is 5.91 Å². The maximum Gasteiger partial charge on any atom is 0.244 e. The quantitative estimate of drug-likeness (QED) is 0.755. The average Bonchev–Trinajstić information content (AvgIpc) is 2.64. The van der Waals surface area contributed by atoms with Crippen molar-refractivity contribution in [3.63, 3.8) is 0 Å². The molecule has 1 atom stereocenters. The number of methoxy groups -OCH3 is 1. The van der Waals surface area contributed by atoms with Crippen molar-refractivity contribution in [3.8, 4) is 5.75 Å². The van der Waals surface area contributed by atoms with Gasteiger partial charge in [0, 0.05) is 17.9 Å². The molecule has 138 valence electrons. The van der Waals surface area contributed by atoms with Crippen LogP contribution in [0.2, 0.25) is 0 Å². The van der Waals surface area contributed by atoms with E-state index < -0.39 is 9.84 Å². The van der Waals surface area contributed by atoms with Crippen molar-refractivity contribution in [2.75, 3.05) is 13.4 Å². The predicted molar refractivity (Wildman–Crippen MR) is 103 cm³/mol. The van der Waals surface area contributed by atoms with Crippen LogP contribution in [0.5, 0.6) is 5.75 Å². The molecule has 1 N–H and O–H groups in total. The standard InChI is InChI=1S/C20H23NO4S/c1-4-18(15-9-12-17(13-10-15)26(3,23)24)21-20(22)14-11-16-7-5-6-8-19(16)25-2/h5-14,18H,4H2,1-3H3,(H,21,22)/b14-11+/t18-/m0/s1. The fourth-order valence-electron chi connectivity index (χ4n) is 2.56. The Morgan fingerprint density at radius 3 is 2.38 bits per heavy atom. The van der Waals surface area contributed by atoms with Gasteiger partial charge < -0.3 is 10.1 Å². The minimum absolute atomic E-state index is 0.196. The fraction of sp³-hybridized carbons (Fsp3) is 0.250. The van der Waals surface area contributed by atoms with Gasteiger partial charge in [-0.25, -0.2) is 8.42 Å². The van der Waals surface area contributed by atoms with E-state index in [0.29, 0.717) is 12.2 Å². The number of hydrogen-bond donors (Lipinski definition) is 1. The summed E-state index contributed by atoms with van der Waals surface area (Å²) in [6.45, 7) is 1.96. The number of carbonyl (C=O) groups is 1. The smallest absolute Gasteiger partial charge is 0.244 e. The Morgan fingerprint density at radius 1 is 1.15 bits per heavy atom. The van der Waals surface area contributed by atoms with Crippen LogP contribution in [-0.4, -0.2) is 27.7 Å². The van der Waals surface area contributed by atoms with E-state index in [4.69, 9.17) is 4.74 Å². The molecule has 26 heavy (non-hydrogen) atoms. The molecule has 0 heterocycles. The summed E-state index contributed by atoms with van der Waals surface area (Å²) in [4.78, 5) is 12.5. The van der Waals surface area contributed by atoms with Crippen LogP contribution < -0.4 is 10.1 Å². The number of sulfone groups is 1. The number of benzene rings is 2. The Hall–Kier alpha value is -2.60. The Morgan fingerprint density at radius 2 is 1.81 bits per heavy atom. The number of ether oxygens (including phenoxy) is 1. The Balaban J connectivity index is 2.09. The molecule has 5 nitrogen and oxygen atoms in total. The van der Waals surface area contributed by atoms with Gasteiger partial charge in [0.25, 0.3) is 0 Å². The highest BCUT2D eigenvalue weighted by molar-refractivity contribution is 7.90. The third-order valence-electron chi connectivity index (χ3n) is 3.99. The average molecular weight is 373 g/mol. The Kier molecular flexibility index (Phi) is 6.58. The lowest BCUT2D eigenvalue weighted by Crippen LogP contribution is -2.26. The first kappa shape index (κ1) is 19.7. The second-order valence-electron chi connectivity index (χ2n) is 5.89. The van der Waals surface area contributed by atoms with Gasteiger partial charge in [-0.1, -0.05) is 37.3 Å². The van der Waals surface area contributed by atoms with Gasteiger partial charge in [0.15, 0.2) is 9.84 Å². The normalized spacial score (nSPS) is 12.7. The van der Waals surface area contributed by atoms with E-state index in [2.05, 4.69) is 5.32 Å². The molecule has 0 bridgehead atoms. The number of amides is 1. The van der Waals surface area contributed by atoms with Crippen molar-refractivity contribution in [2.24, 2.45) is 0 Å². The maximum absolute atomic E-state index is 12.3. The monoisotopic (exact) mass is 373 g/mol. The van der Waals surface area contributed by atoms with Crippen molar-refractivity contribution < 1.29 is 17.9 Å². The van der Waals surface area contributed by atoms with Crippen LogP contribution in [0.3, 0.4) is 0 Å². The van der Waals surface area contributed by atoms with Crippen LogP contribution >= 0.6 is 0 Å². The van der Waals surface area contributed by atoms with E-state index in [-0.39, 0.29) is 16.8 Å². The van der Waals surface area contributed by atoms with Crippen LogP contribution in [0.4, 0.5) is 0 Å². The van der Waals surface area contributed by atoms with Crippen molar-refractivity contribution in [3.05, 3.63) is 65.7 Å². The van der Waals surface area contributed by atoms with Crippen molar-refractivity contribution in [1.82, 2.24) is 5.32 Å². The molecule has 0 aromatic heterocycles. The summed E-state index contributed by atoms with van der Waals surface area (Å²) in [6, 6.07) is 13.8. The number of hydrogen-bond acceptors (Lipinski definition) is 4. The fourth-order valence-corrected chi connectivity index (χ4v) is 3.19. The number of para-hydroxylation sites is 1. The van der Waals surface area contributed by atoms with Crippen LogP contribution in [0.1, 0.15) is 30.5 Å².